The highest BCUT2D eigenvalue weighted by atomic mass is 32.2. The first-order valence-corrected chi connectivity index (χ1v) is 8.89. The van der Waals surface area contributed by atoms with Crippen molar-refractivity contribution >= 4 is 15.7 Å². The van der Waals surface area contributed by atoms with E-state index in [0.29, 0.717) is 13.0 Å². The van der Waals surface area contributed by atoms with E-state index in [-0.39, 0.29) is 0 Å². The predicted molar refractivity (Wildman–Crippen MR) is 84.6 cm³/mol. The molecular weight excluding hydrogens is 302 g/mol. The summed E-state index contributed by atoms with van der Waals surface area (Å²) in [4.78, 5) is 11.7. The SMILES string of the molecule is CC(C(=O)NCCc1ccc(-n2cccn2)cc1)S(C)(=O)=O. The maximum absolute atomic E-state index is 11.7. The summed E-state index contributed by atoms with van der Waals surface area (Å²) in [5, 5.41) is 5.77. The number of hydrogen-bond donors (Lipinski definition) is 1. The molecule has 0 saturated carbocycles. The molecule has 1 aromatic carbocycles. The van der Waals surface area contributed by atoms with Gasteiger partial charge in [0, 0.05) is 25.2 Å². The van der Waals surface area contributed by atoms with Gasteiger partial charge in [-0.15, -0.1) is 0 Å². The number of benzene rings is 1. The van der Waals surface area contributed by atoms with Gasteiger partial charge in [-0.25, -0.2) is 13.1 Å². The van der Waals surface area contributed by atoms with Crippen molar-refractivity contribution in [3.8, 4) is 5.69 Å². The zero-order chi connectivity index (χ0) is 16.2. The van der Waals surface area contributed by atoms with E-state index in [1.165, 1.54) is 6.92 Å². The Kier molecular flexibility index (Phi) is 4.97. The Morgan fingerprint density at radius 2 is 2.00 bits per heavy atom. The number of aromatic nitrogens is 2. The molecule has 0 saturated heterocycles. The highest BCUT2D eigenvalue weighted by Crippen LogP contribution is 2.09. The van der Waals surface area contributed by atoms with E-state index in [4.69, 9.17) is 0 Å². The van der Waals surface area contributed by atoms with Crippen molar-refractivity contribution in [1.29, 1.82) is 0 Å². The number of sulfone groups is 1. The van der Waals surface area contributed by atoms with Gasteiger partial charge in [0.25, 0.3) is 0 Å². The van der Waals surface area contributed by atoms with E-state index < -0.39 is 21.0 Å². The molecule has 0 radical (unpaired) electrons. The van der Waals surface area contributed by atoms with Gasteiger partial charge in [-0.3, -0.25) is 4.79 Å². The van der Waals surface area contributed by atoms with Crippen LogP contribution in [0.25, 0.3) is 5.69 Å². The molecule has 1 heterocycles. The molecular formula is C15H19N3O3S. The molecule has 1 atom stereocenters. The zero-order valence-corrected chi connectivity index (χ0v) is 13.4. The van der Waals surface area contributed by atoms with Gasteiger partial charge in [-0.05, 0) is 37.1 Å². The number of hydrogen-bond acceptors (Lipinski definition) is 4. The van der Waals surface area contributed by atoms with E-state index in [1.54, 1.807) is 10.9 Å². The molecule has 1 unspecified atom stereocenters. The molecule has 1 amide bonds. The third kappa shape index (κ3) is 4.17. The van der Waals surface area contributed by atoms with Gasteiger partial charge in [0.05, 0.1) is 5.69 Å². The van der Waals surface area contributed by atoms with Crippen LogP contribution in [0.2, 0.25) is 0 Å². The van der Waals surface area contributed by atoms with Crippen molar-refractivity contribution in [2.75, 3.05) is 12.8 Å². The van der Waals surface area contributed by atoms with Crippen molar-refractivity contribution in [2.24, 2.45) is 0 Å². The lowest BCUT2D eigenvalue weighted by Crippen LogP contribution is -2.38. The van der Waals surface area contributed by atoms with E-state index in [2.05, 4.69) is 10.4 Å². The lowest BCUT2D eigenvalue weighted by Gasteiger charge is -2.10. The molecule has 118 valence electrons. The van der Waals surface area contributed by atoms with Crippen LogP contribution in [0.15, 0.2) is 42.7 Å². The van der Waals surface area contributed by atoms with E-state index in [0.717, 1.165) is 17.5 Å². The molecule has 0 aliphatic rings. The topological polar surface area (TPSA) is 81.1 Å². The number of nitrogens with one attached hydrogen (secondary N) is 1. The first kappa shape index (κ1) is 16.2. The summed E-state index contributed by atoms with van der Waals surface area (Å²) in [5.74, 6) is -0.462. The highest BCUT2D eigenvalue weighted by Gasteiger charge is 2.22. The lowest BCUT2D eigenvalue weighted by atomic mass is 10.1. The molecule has 2 rings (SSSR count). The van der Waals surface area contributed by atoms with Gasteiger partial charge < -0.3 is 5.32 Å². The molecule has 7 heteroatoms. The maximum Gasteiger partial charge on any atom is 0.238 e. The van der Waals surface area contributed by atoms with Crippen molar-refractivity contribution in [3.63, 3.8) is 0 Å². The number of amides is 1. The van der Waals surface area contributed by atoms with Gasteiger partial charge in [-0.1, -0.05) is 12.1 Å². The smallest absolute Gasteiger partial charge is 0.238 e. The van der Waals surface area contributed by atoms with Crippen LogP contribution >= 0.6 is 0 Å². The Hall–Kier alpha value is -2.15. The molecule has 0 bridgehead atoms. The third-order valence-electron chi connectivity index (χ3n) is 3.43. The number of carbonyl (C=O) groups excluding carboxylic acids is 1. The Bertz CT molecular complexity index is 722. The van der Waals surface area contributed by atoms with Gasteiger partial charge in [0.15, 0.2) is 9.84 Å². The molecule has 0 fully saturated rings. The second-order valence-electron chi connectivity index (χ2n) is 5.13. The van der Waals surface area contributed by atoms with Crippen LogP contribution in [0.5, 0.6) is 0 Å². The normalized spacial score (nSPS) is 12.8. The highest BCUT2D eigenvalue weighted by molar-refractivity contribution is 7.92. The minimum absolute atomic E-state index is 0.403. The molecule has 22 heavy (non-hydrogen) atoms. The van der Waals surface area contributed by atoms with Crippen LogP contribution in [0.4, 0.5) is 0 Å². The van der Waals surface area contributed by atoms with Crippen molar-refractivity contribution in [2.45, 2.75) is 18.6 Å². The predicted octanol–water partition coefficient (Wildman–Crippen LogP) is 0.964. The summed E-state index contributed by atoms with van der Waals surface area (Å²) < 4.78 is 24.3. The first-order chi connectivity index (χ1) is 10.4. The minimum Gasteiger partial charge on any atom is -0.355 e. The molecule has 0 aliphatic heterocycles. The van der Waals surface area contributed by atoms with Gasteiger partial charge >= 0.3 is 0 Å². The number of rotatable bonds is 6. The molecule has 2 aromatic rings. The van der Waals surface area contributed by atoms with E-state index in [9.17, 15) is 13.2 Å². The average Bonchev–Trinajstić information content (AvgIpc) is 3.00. The van der Waals surface area contributed by atoms with Crippen LogP contribution in [0, 0.1) is 0 Å². The Morgan fingerprint density at radius 3 is 2.55 bits per heavy atom. The van der Waals surface area contributed by atoms with Gasteiger partial charge in [0.1, 0.15) is 5.25 Å². The fraction of sp³-hybridized carbons (Fsp3) is 0.333. The molecule has 0 spiro atoms. The Balaban J connectivity index is 1.86. The molecule has 1 N–H and O–H groups in total. The van der Waals surface area contributed by atoms with Crippen LogP contribution in [-0.2, 0) is 21.1 Å². The van der Waals surface area contributed by atoms with Crippen molar-refractivity contribution < 1.29 is 13.2 Å². The van der Waals surface area contributed by atoms with Gasteiger partial charge in [-0.2, -0.15) is 5.10 Å². The summed E-state index contributed by atoms with van der Waals surface area (Å²) in [6.07, 6.45) is 5.28. The first-order valence-electron chi connectivity index (χ1n) is 6.93. The second-order valence-corrected chi connectivity index (χ2v) is 7.50. The summed E-state index contributed by atoms with van der Waals surface area (Å²) >= 11 is 0. The molecule has 6 nitrogen and oxygen atoms in total. The lowest BCUT2D eigenvalue weighted by molar-refractivity contribution is -0.120. The summed E-state index contributed by atoms with van der Waals surface area (Å²) in [6.45, 7) is 1.79. The fourth-order valence-electron chi connectivity index (χ4n) is 1.91. The van der Waals surface area contributed by atoms with E-state index >= 15 is 0 Å². The zero-order valence-electron chi connectivity index (χ0n) is 12.6. The third-order valence-corrected chi connectivity index (χ3v) is 4.93. The fourth-order valence-corrected chi connectivity index (χ4v) is 2.38. The van der Waals surface area contributed by atoms with Crippen LogP contribution in [0.3, 0.4) is 0 Å². The van der Waals surface area contributed by atoms with Crippen LogP contribution < -0.4 is 5.32 Å². The molecule has 1 aromatic heterocycles. The van der Waals surface area contributed by atoms with Crippen LogP contribution in [-0.4, -0.2) is 42.2 Å². The summed E-state index contributed by atoms with van der Waals surface area (Å²) in [7, 11) is -3.35. The quantitative estimate of drug-likeness (QED) is 0.859. The number of nitrogens with zero attached hydrogens (tertiary/aromatic N) is 2. The summed E-state index contributed by atoms with van der Waals surface area (Å²) in [5.41, 5.74) is 2.02. The molecule has 0 aliphatic carbocycles. The maximum atomic E-state index is 11.7. The van der Waals surface area contributed by atoms with Crippen molar-refractivity contribution in [1.82, 2.24) is 15.1 Å². The largest absolute Gasteiger partial charge is 0.355 e. The monoisotopic (exact) mass is 321 g/mol. The van der Waals surface area contributed by atoms with Crippen molar-refractivity contribution in [3.05, 3.63) is 48.3 Å². The standard InChI is InChI=1S/C15H19N3O3S/c1-12(22(2,20)21)15(19)16-10-8-13-4-6-14(7-5-13)18-11-3-9-17-18/h3-7,9,11-12H,8,10H2,1-2H3,(H,16,19). The average molecular weight is 321 g/mol. The minimum atomic E-state index is -3.35. The van der Waals surface area contributed by atoms with E-state index in [1.807, 2.05) is 36.5 Å². The Labute approximate surface area is 130 Å². The number of carbonyl (C=O) groups is 1. The summed E-state index contributed by atoms with van der Waals surface area (Å²) in [6, 6.07) is 9.67. The van der Waals surface area contributed by atoms with Crippen LogP contribution in [0.1, 0.15) is 12.5 Å². The second kappa shape index (κ2) is 6.74. The van der Waals surface area contributed by atoms with Gasteiger partial charge in [0.2, 0.25) is 5.91 Å². The Morgan fingerprint density at radius 1 is 1.32 bits per heavy atom.